The third-order valence-corrected chi connectivity index (χ3v) is 6.61. The summed E-state index contributed by atoms with van der Waals surface area (Å²) in [5.74, 6) is 0.300. The average Bonchev–Trinajstić information content (AvgIpc) is 3.45. The number of thiophene rings is 2. The number of anilines is 1. The van der Waals surface area contributed by atoms with Crippen molar-refractivity contribution in [2.75, 3.05) is 11.4 Å². The lowest BCUT2D eigenvalue weighted by molar-refractivity contribution is -0.131. The first kappa shape index (κ1) is 18.9. The Morgan fingerprint density at radius 3 is 2.11 bits per heavy atom. The van der Waals surface area contributed by atoms with Crippen LogP contribution in [0, 0.1) is 0 Å². The Labute approximate surface area is 173 Å². The van der Waals surface area contributed by atoms with E-state index in [2.05, 4.69) is 12.1 Å². The molecule has 0 unspecified atom stereocenters. The molecule has 4 nitrogen and oxygen atoms in total. The number of benzene rings is 1. The first-order valence-corrected chi connectivity index (χ1v) is 11.2. The van der Waals surface area contributed by atoms with Crippen LogP contribution < -0.4 is 4.90 Å². The van der Waals surface area contributed by atoms with E-state index in [0.717, 1.165) is 24.2 Å². The van der Waals surface area contributed by atoms with Crippen LogP contribution in [0.25, 0.3) is 0 Å². The summed E-state index contributed by atoms with van der Waals surface area (Å²) in [6.45, 7) is 2.05. The molecule has 0 spiro atoms. The highest BCUT2D eigenvalue weighted by atomic mass is 32.1. The Hall–Kier alpha value is -2.44. The van der Waals surface area contributed by atoms with Crippen molar-refractivity contribution >= 4 is 40.2 Å². The van der Waals surface area contributed by atoms with Gasteiger partial charge in [-0.2, -0.15) is 0 Å². The summed E-state index contributed by atoms with van der Waals surface area (Å²) in [5.41, 5.74) is 1.90. The van der Waals surface area contributed by atoms with Crippen LogP contribution >= 0.6 is 22.7 Å². The Morgan fingerprint density at radius 1 is 0.964 bits per heavy atom. The summed E-state index contributed by atoms with van der Waals surface area (Å²) >= 11 is 3.35. The predicted octanol–water partition coefficient (Wildman–Crippen LogP) is 4.71. The van der Waals surface area contributed by atoms with E-state index in [1.54, 1.807) is 22.7 Å². The smallest absolute Gasteiger partial charge is 0.227 e. The van der Waals surface area contributed by atoms with E-state index in [1.807, 2.05) is 57.0 Å². The van der Waals surface area contributed by atoms with Crippen LogP contribution in [0.5, 0.6) is 0 Å². The zero-order chi connectivity index (χ0) is 19.3. The molecular weight excluding hydrogens is 388 g/mol. The molecule has 1 aliphatic rings. The second kappa shape index (κ2) is 8.71. The average molecular weight is 411 g/mol. The first-order chi connectivity index (χ1) is 13.7. The second-order valence-electron chi connectivity index (χ2n) is 6.90. The molecule has 1 saturated heterocycles. The van der Waals surface area contributed by atoms with Crippen molar-refractivity contribution in [1.82, 2.24) is 4.90 Å². The zero-order valence-corrected chi connectivity index (χ0v) is 17.2. The molecule has 1 fully saturated rings. The van der Waals surface area contributed by atoms with E-state index < -0.39 is 0 Å². The minimum absolute atomic E-state index is 0.117. The number of carbonyl (C=O) groups excluding carboxylic acids is 2. The first-order valence-electron chi connectivity index (χ1n) is 9.41. The van der Waals surface area contributed by atoms with E-state index in [9.17, 15) is 9.59 Å². The molecule has 1 aromatic carbocycles. The predicted molar refractivity (Wildman–Crippen MR) is 115 cm³/mol. The van der Waals surface area contributed by atoms with Crippen LogP contribution in [0.3, 0.4) is 0 Å². The highest BCUT2D eigenvalue weighted by molar-refractivity contribution is 7.10. The van der Waals surface area contributed by atoms with Gasteiger partial charge in [0.2, 0.25) is 11.8 Å². The Balaban J connectivity index is 1.44. The minimum Gasteiger partial charge on any atom is -0.332 e. The molecule has 0 bridgehead atoms. The van der Waals surface area contributed by atoms with Crippen molar-refractivity contribution < 1.29 is 9.59 Å². The number of amides is 2. The lowest BCUT2D eigenvalue weighted by atomic mass is 10.1. The number of hydrogen-bond acceptors (Lipinski definition) is 4. The van der Waals surface area contributed by atoms with Gasteiger partial charge >= 0.3 is 0 Å². The Morgan fingerprint density at radius 2 is 1.61 bits per heavy atom. The lowest BCUT2D eigenvalue weighted by Crippen LogP contribution is -2.31. The third kappa shape index (κ3) is 4.51. The van der Waals surface area contributed by atoms with Crippen LogP contribution in [0.15, 0.2) is 59.3 Å². The maximum Gasteiger partial charge on any atom is 0.227 e. The highest BCUT2D eigenvalue weighted by Gasteiger charge is 2.22. The number of nitrogens with zero attached hydrogens (tertiary/aromatic N) is 2. The molecule has 0 radical (unpaired) electrons. The molecule has 144 valence electrons. The zero-order valence-electron chi connectivity index (χ0n) is 15.5. The molecule has 28 heavy (non-hydrogen) atoms. The van der Waals surface area contributed by atoms with Gasteiger partial charge in [0.25, 0.3) is 0 Å². The van der Waals surface area contributed by atoms with Crippen molar-refractivity contribution in [2.45, 2.75) is 32.4 Å². The quantitative estimate of drug-likeness (QED) is 0.566. The van der Waals surface area contributed by atoms with Crippen LogP contribution in [0.2, 0.25) is 0 Å². The van der Waals surface area contributed by atoms with Gasteiger partial charge in [-0.05, 0) is 47.0 Å². The van der Waals surface area contributed by atoms with E-state index in [-0.39, 0.29) is 11.8 Å². The van der Waals surface area contributed by atoms with Crippen molar-refractivity contribution in [1.29, 1.82) is 0 Å². The maximum atomic E-state index is 13.0. The summed E-state index contributed by atoms with van der Waals surface area (Å²) in [5, 5.41) is 4.09. The molecule has 3 aromatic rings. The molecule has 2 aromatic heterocycles. The monoisotopic (exact) mass is 410 g/mol. The van der Waals surface area contributed by atoms with Gasteiger partial charge in [-0.15, -0.1) is 22.7 Å². The molecule has 1 aliphatic heterocycles. The van der Waals surface area contributed by atoms with Gasteiger partial charge in [0.15, 0.2) is 0 Å². The van der Waals surface area contributed by atoms with E-state index in [1.165, 1.54) is 9.75 Å². The molecule has 0 atom stereocenters. The van der Waals surface area contributed by atoms with Gasteiger partial charge in [0, 0.05) is 28.4 Å². The van der Waals surface area contributed by atoms with E-state index in [4.69, 9.17) is 0 Å². The molecule has 0 N–H and O–H groups in total. The van der Waals surface area contributed by atoms with Gasteiger partial charge in [-0.1, -0.05) is 24.3 Å². The summed E-state index contributed by atoms with van der Waals surface area (Å²) in [4.78, 5) is 31.1. The third-order valence-electron chi connectivity index (χ3n) is 4.88. The molecule has 4 rings (SSSR count). The van der Waals surface area contributed by atoms with Crippen molar-refractivity contribution in [3.05, 3.63) is 74.6 Å². The summed E-state index contributed by atoms with van der Waals surface area (Å²) < 4.78 is 0. The lowest BCUT2D eigenvalue weighted by Gasteiger charge is -2.22. The summed E-state index contributed by atoms with van der Waals surface area (Å²) in [6.07, 6.45) is 1.91. The fraction of sp³-hybridized carbons (Fsp3) is 0.273. The van der Waals surface area contributed by atoms with Crippen molar-refractivity contribution in [3.8, 4) is 0 Å². The van der Waals surface area contributed by atoms with E-state index in [0.29, 0.717) is 25.9 Å². The number of rotatable bonds is 7. The summed E-state index contributed by atoms with van der Waals surface area (Å²) in [6, 6.07) is 16.0. The van der Waals surface area contributed by atoms with Crippen LogP contribution in [-0.4, -0.2) is 23.3 Å². The molecule has 2 amide bonds. The fourth-order valence-corrected chi connectivity index (χ4v) is 4.85. The van der Waals surface area contributed by atoms with Crippen molar-refractivity contribution in [3.63, 3.8) is 0 Å². The van der Waals surface area contributed by atoms with Gasteiger partial charge in [0.1, 0.15) is 0 Å². The SMILES string of the molecule is O=C(Cc1ccc(N2CCCC2=O)cc1)N(Cc1cccs1)Cc1cccs1. The second-order valence-corrected chi connectivity index (χ2v) is 8.97. The summed E-state index contributed by atoms with van der Waals surface area (Å²) in [7, 11) is 0. The molecular formula is C22H22N2O2S2. The van der Waals surface area contributed by atoms with Crippen LogP contribution in [-0.2, 0) is 29.1 Å². The molecule has 3 heterocycles. The number of hydrogen-bond donors (Lipinski definition) is 0. The highest BCUT2D eigenvalue weighted by Crippen LogP contribution is 2.23. The fourth-order valence-electron chi connectivity index (χ4n) is 3.41. The molecule has 0 aliphatic carbocycles. The van der Waals surface area contributed by atoms with Gasteiger partial charge in [-0.3, -0.25) is 9.59 Å². The van der Waals surface area contributed by atoms with Crippen molar-refractivity contribution in [2.24, 2.45) is 0 Å². The minimum atomic E-state index is 0.117. The van der Waals surface area contributed by atoms with Gasteiger partial charge in [0.05, 0.1) is 19.5 Å². The normalized spacial score (nSPS) is 13.9. The maximum absolute atomic E-state index is 13.0. The number of carbonyl (C=O) groups is 2. The Bertz CT molecular complexity index is 882. The molecule has 6 heteroatoms. The van der Waals surface area contributed by atoms with Gasteiger partial charge < -0.3 is 9.80 Å². The van der Waals surface area contributed by atoms with Crippen LogP contribution in [0.1, 0.15) is 28.2 Å². The van der Waals surface area contributed by atoms with E-state index >= 15 is 0 Å². The largest absolute Gasteiger partial charge is 0.332 e. The topological polar surface area (TPSA) is 40.6 Å². The van der Waals surface area contributed by atoms with Crippen LogP contribution in [0.4, 0.5) is 5.69 Å². The van der Waals surface area contributed by atoms with Gasteiger partial charge in [-0.25, -0.2) is 0 Å². The Kier molecular flexibility index (Phi) is 5.88. The molecule has 0 saturated carbocycles. The standard InChI is InChI=1S/C22H22N2O2S2/c25-21-6-1-11-24(21)18-9-7-17(8-10-18)14-22(26)23(15-19-4-2-12-27-19)16-20-5-3-13-28-20/h2-5,7-10,12-13H,1,6,11,14-16H2.